The predicted octanol–water partition coefficient (Wildman–Crippen LogP) is 3.05. The van der Waals surface area contributed by atoms with Crippen LogP contribution >= 0.6 is 0 Å². The molecule has 0 spiro atoms. The third-order valence-electron chi connectivity index (χ3n) is 5.02. The van der Waals surface area contributed by atoms with Gasteiger partial charge in [-0.3, -0.25) is 4.79 Å². The van der Waals surface area contributed by atoms with E-state index in [2.05, 4.69) is 10.2 Å². The van der Waals surface area contributed by atoms with Gasteiger partial charge in [-0.2, -0.15) is 0 Å². The lowest BCUT2D eigenvalue weighted by molar-refractivity contribution is 0.0606. The van der Waals surface area contributed by atoms with Gasteiger partial charge in [0.25, 0.3) is 5.91 Å². The molecule has 1 aromatic heterocycles. The van der Waals surface area contributed by atoms with Crippen molar-refractivity contribution in [2.45, 2.75) is 18.9 Å². The Hall–Kier alpha value is -2.21. The Bertz CT molecular complexity index is 766. The van der Waals surface area contributed by atoms with Gasteiger partial charge in [-0.1, -0.05) is 6.07 Å². The largest absolute Gasteiger partial charge is 0.451 e. The van der Waals surface area contributed by atoms with Crippen molar-refractivity contribution >= 4 is 5.91 Å². The van der Waals surface area contributed by atoms with Crippen molar-refractivity contribution in [3.8, 4) is 11.3 Å². The molecule has 1 N–H and O–H groups in total. The molecule has 3 aliphatic heterocycles. The van der Waals surface area contributed by atoms with E-state index in [1.807, 2.05) is 0 Å². The highest BCUT2D eigenvalue weighted by molar-refractivity contribution is 5.92. The molecule has 1 amide bonds. The summed E-state index contributed by atoms with van der Waals surface area (Å²) in [5.41, 5.74) is 0.0110. The lowest BCUT2D eigenvalue weighted by Gasteiger charge is -2.44. The van der Waals surface area contributed by atoms with Crippen LogP contribution in [0, 0.1) is 17.6 Å². The molecule has 5 rings (SSSR count). The van der Waals surface area contributed by atoms with Gasteiger partial charge in [-0.25, -0.2) is 8.78 Å². The minimum atomic E-state index is -0.976. The molecule has 0 unspecified atom stereocenters. The van der Waals surface area contributed by atoms with Gasteiger partial charge >= 0.3 is 0 Å². The number of amides is 1. The van der Waals surface area contributed by atoms with Crippen LogP contribution in [0.4, 0.5) is 8.78 Å². The molecular formula is C18H18F2N2O2. The van der Waals surface area contributed by atoms with Gasteiger partial charge in [-0.05, 0) is 56.1 Å². The molecule has 3 aliphatic rings. The summed E-state index contributed by atoms with van der Waals surface area (Å²) in [4.78, 5) is 14.7. The van der Waals surface area contributed by atoms with Crippen LogP contribution in [0.15, 0.2) is 34.7 Å². The lowest BCUT2D eigenvalue weighted by atomic mass is 9.84. The third-order valence-corrected chi connectivity index (χ3v) is 5.02. The molecule has 6 heteroatoms. The van der Waals surface area contributed by atoms with Crippen LogP contribution < -0.4 is 5.32 Å². The molecule has 4 nitrogen and oxygen atoms in total. The van der Waals surface area contributed by atoms with Crippen LogP contribution in [0.1, 0.15) is 23.4 Å². The Balaban J connectivity index is 1.50. The van der Waals surface area contributed by atoms with Crippen molar-refractivity contribution in [2.75, 3.05) is 19.6 Å². The van der Waals surface area contributed by atoms with Crippen LogP contribution in [0.5, 0.6) is 0 Å². The minimum Gasteiger partial charge on any atom is -0.451 e. The number of nitrogens with one attached hydrogen (secondary N) is 1. The first-order valence-electron chi connectivity index (χ1n) is 8.19. The van der Waals surface area contributed by atoms with Crippen molar-refractivity contribution in [2.24, 2.45) is 5.92 Å². The number of carbonyl (C=O) groups excluding carboxylic acids is 1. The van der Waals surface area contributed by atoms with E-state index in [0.717, 1.165) is 38.5 Å². The molecule has 2 bridgehead atoms. The Morgan fingerprint density at radius 2 is 1.96 bits per heavy atom. The first-order valence-corrected chi connectivity index (χ1v) is 8.19. The Morgan fingerprint density at radius 3 is 2.67 bits per heavy atom. The summed E-state index contributed by atoms with van der Waals surface area (Å²) in [6, 6.07) is 6.98. The topological polar surface area (TPSA) is 45.5 Å². The molecule has 3 saturated heterocycles. The van der Waals surface area contributed by atoms with Crippen LogP contribution in [0.2, 0.25) is 0 Å². The standard InChI is InChI=1S/C18H18F2N2O2/c19-13-3-1-2-12(17(13)20)15-4-5-16(24-15)18(23)21-14-10-22-8-6-11(14)7-9-22/h1-5,11,14H,6-10H2,(H,21,23)/t14-/m0/s1. The van der Waals surface area contributed by atoms with Gasteiger partial charge in [0.05, 0.1) is 5.56 Å². The quantitative estimate of drug-likeness (QED) is 0.940. The molecule has 3 fully saturated rings. The summed E-state index contributed by atoms with van der Waals surface area (Å²) in [7, 11) is 0. The molecule has 0 radical (unpaired) electrons. The molecule has 1 atom stereocenters. The average Bonchev–Trinajstić information content (AvgIpc) is 3.08. The number of halogens is 2. The maximum Gasteiger partial charge on any atom is 0.287 e. The van der Waals surface area contributed by atoms with Crippen molar-refractivity contribution in [1.29, 1.82) is 0 Å². The zero-order valence-electron chi connectivity index (χ0n) is 13.1. The SMILES string of the molecule is O=C(N[C@H]1CN2CCC1CC2)c1ccc(-c2cccc(F)c2F)o1. The number of fused-ring (bicyclic) bond motifs is 3. The van der Waals surface area contributed by atoms with E-state index in [4.69, 9.17) is 4.42 Å². The lowest BCUT2D eigenvalue weighted by Crippen LogP contribution is -2.57. The fourth-order valence-corrected chi connectivity index (χ4v) is 3.67. The maximum absolute atomic E-state index is 13.8. The number of piperidine rings is 3. The van der Waals surface area contributed by atoms with E-state index in [0.29, 0.717) is 5.92 Å². The molecular weight excluding hydrogens is 314 g/mol. The summed E-state index contributed by atoms with van der Waals surface area (Å²) in [6.07, 6.45) is 2.20. The van der Waals surface area contributed by atoms with E-state index in [1.165, 1.54) is 24.3 Å². The highest BCUT2D eigenvalue weighted by Crippen LogP contribution is 2.29. The van der Waals surface area contributed by atoms with Crippen molar-refractivity contribution < 1.29 is 18.0 Å². The van der Waals surface area contributed by atoms with Gasteiger partial charge in [0.1, 0.15) is 5.76 Å². The number of hydrogen-bond donors (Lipinski definition) is 1. The molecule has 24 heavy (non-hydrogen) atoms. The van der Waals surface area contributed by atoms with Crippen LogP contribution in [0.3, 0.4) is 0 Å². The third kappa shape index (κ3) is 2.71. The number of hydrogen-bond acceptors (Lipinski definition) is 3. The number of nitrogens with zero attached hydrogens (tertiary/aromatic N) is 1. The van der Waals surface area contributed by atoms with Crippen molar-refractivity contribution in [1.82, 2.24) is 10.2 Å². The Kier molecular flexibility index (Phi) is 3.84. The van der Waals surface area contributed by atoms with Crippen LogP contribution in [-0.4, -0.2) is 36.5 Å². The van der Waals surface area contributed by atoms with Crippen molar-refractivity contribution in [3.05, 3.63) is 47.7 Å². The summed E-state index contributed by atoms with van der Waals surface area (Å²) in [6.45, 7) is 3.06. The zero-order valence-corrected chi connectivity index (χ0v) is 13.1. The Morgan fingerprint density at radius 1 is 1.17 bits per heavy atom. The number of benzene rings is 1. The van der Waals surface area contributed by atoms with Crippen LogP contribution in [-0.2, 0) is 0 Å². The van der Waals surface area contributed by atoms with Gasteiger partial charge < -0.3 is 14.6 Å². The Labute approximate surface area is 138 Å². The molecule has 2 aromatic rings. The summed E-state index contributed by atoms with van der Waals surface area (Å²) in [5, 5.41) is 3.02. The van der Waals surface area contributed by atoms with E-state index in [-0.39, 0.29) is 29.0 Å². The molecule has 1 aromatic carbocycles. The first-order chi connectivity index (χ1) is 11.6. The molecule has 4 heterocycles. The fraction of sp³-hybridized carbons (Fsp3) is 0.389. The highest BCUT2D eigenvalue weighted by atomic mass is 19.2. The second kappa shape index (κ2) is 6.02. The average molecular weight is 332 g/mol. The summed E-state index contributed by atoms with van der Waals surface area (Å²) >= 11 is 0. The van der Waals surface area contributed by atoms with E-state index >= 15 is 0 Å². The molecule has 126 valence electrons. The summed E-state index contributed by atoms with van der Waals surface area (Å²) in [5.74, 6) is -1.46. The smallest absolute Gasteiger partial charge is 0.287 e. The highest BCUT2D eigenvalue weighted by Gasteiger charge is 2.35. The summed E-state index contributed by atoms with van der Waals surface area (Å²) < 4.78 is 32.6. The van der Waals surface area contributed by atoms with Gasteiger partial charge in [-0.15, -0.1) is 0 Å². The number of furan rings is 1. The van der Waals surface area contributed by atoms with E-state index in [1.54, 1.807) is 0 Å². The van der Waals surface area contributed by atoms with Crippen molar-refractivity contribution in [3.63, 3.8) is 0 Å². The first kappa shape index (κ1) is 15.3. The minimum absolute atomic E-state index is 0.0110. The van der Waals surface area contributed by atoms with Gasteiger partial charge in [0.2, 0.25) is 0 Å². The van der Waals surface area contributed by atoms with E-state index < -0.39 is 11.6 Å². The number of carbonyl (C=O) groups is 1. The van der Waals surface area contributed by atoms with Gasteiger partial charge in [0, 0.05) is 12.6 Å². The number of rotatable bonds is 3. The predicted molar refractivity (Wildman–Crippen MR) is 84.5 cm³/mol. The molecule has 0 saturated carbocycles. The zero-order chi connectivity index (χ0) is 16.7. The normalized spacial score (nSPS) is 25.7. The fourth-order valence-electron chi connectivity index (χ4n) is 3.67. The van der Waals surface area contributed by atoms with Crippen LogP contribution in [0.25, 0.3) is 11.3 Å². The second-order valence-electron chi connectivity index (χ2n) is 6.48. The molecule has 0 aliphatic carbocycles. The van der Waals surface area contributed by atoms with Gasteiger partial charge in [0.15, 0.2) is 17.4 Å². The monoisotopic (exact) mass is 332 g/mol. The van der Waals surface area contributed by atoms with E-state index in [9.17, 15) is 13.6 Å². The maximum atomic E-state index is 13.8. The second-order valence-corrected chi connectivity index (χ2v) is 6.48.